The van der Waals surface area contributed by atoms with Gasteiger partial charge in [-0.1, -0.05) is 13.2 Å². The second kappa shape index (κ2) is 5.19. The first-order valence-corrected chi connectivity index (χ1v) is 6.62. The Bertz CT molecular complexity index is 364. The predicted octanol–water partition coefficient (Wildman–Crippen LogP) is 2.40. The first kappa shape index (κ1) is 13.8. The summed E-state index contributed by atoms with van der Waals surface area (Å²) in [7, 11) is 0. The molecular weight excluding hydrogens is 244 g/mol. The van der Waals surface area contributed by atoms with E-state index < -0.39 is 0 Å². The van der Waals surface area contributed by atoms with Crippen molar-refractivity contribution in [3.05, 3.63) is 25.3 Å². The standard InChI is InChI=1S/C15H20O4/c1-3-12(16)18-10-14-5-7-15(9-14,8-6-14)11-19-13(17)4-2/h3-4H,1-2,5-11H2. The summed E-state index contributed by atoms with van der Waals surface area (Å²) in [6.45, 7) is 7.70. The summed E-state index contributed by atoms with van der Waals surface area (Å²) in [5.74, 6) is -0.728. The lowest BCUT2D eigenvalue weighted by Crippen LogP contribution is -2.23. The van der Waals surface area contributed by atoms with Gasteiger partial charge < -0.3 is 9.47 Å². The van der Waals surface area contributed by atoms with E-state index in [0.717, 1.165) is 32.1 Å². The number of rotatable bonds is 6. The van der Waals surface area contributed by atoms with Crippen molar-refractivity contribution in [2.75, 3.05) is 13.2 Å². The summed E-state index contributed by atoms with van der Waals surface area (Å²) in [6, 6.07) is 0. The van der Waals surface area contributed by atoms with Crippen LogP contribution >= 0.6 is 0 Å². The Morgan fingerprint density at radius 1 is 0.895 bits per heavy atom. The van der Waals surface area contributed by atoms with Crippen LogP contribution in [0.3, 0.4) is 0 Å². The van der Waals surface area contributed by atoms with E-state index in [9.17, 15) is 9.59 Å². The molecule has 0 atom stereocenters. The predicted molar refractivity (Wildman–Crippen MR) is 70.3 cm³/mol. The fourth-order valence-corrected chi connectivity index (χ4v) is 3.42. The van der Waals surface area contributed by atoms with Gasteiger partial charge in [0.05, 0.1) is 13.2 Å². The summed E-state index contributed by atoms with van der Waals surface area (Å²) in [6.07, 6.45) is 7.48. The molecule has 2 aliphatic rings. The highest BCUT2D eigenvalue weighted by atomic mass is 16.5. The SMILES string of the molecule is C=CC(=O)OCC12CCC(COC(=O)C=C)(CC1)C2. The van der Waals surface area contributed by atoms with Gasteiger partial charge in [0.25, 0.3) is 0 Å². The highest BCUT2D eigenvalue weighted by molar-refractivity contribution is 5.81. The lowest BCUT2D eigenvalue weighted by atomic mass is 9.83. The Morgan fingerprint density at radius 2 is 1.26 bits per heavy atom. The van der Waals surface area contributed by atoms with Crippen LogP contribution < -0.4 is 0 Å². The molecule has 0 radical (unpaired) electrons. The molecule has 2 bridgehead atoms. The molecule has 2 rings (SSSR count). The largest absolute Gasteiger partial charge is 0.462 e. The van der Waals surface area contributed by atoms with E-state index >= 15 is 0 Å². The van der Waals surface area contributed by atoms with Crippen molar-refractivity contribution < 1.29 is 19.1 Å². The van der Waals surface area contributed by atoms with Crippen LogP contribution in [0.15, 0.2) is 25.3 Å². The molecule has 104 valence electrons. The normalized spacial score (nSPS) is 31.8. The van der Waals surface area contributed by atoms with Gasteiger partial charge in [-0.3, -0.25) is 0 Å². The van der Waals surface area contributed by atoms with E-state index in [-0.39, 0.29) is 22.8 Å². The van der Waals surface area contributed by atoms with Crippen LogP contribution in [0, 0.1) is 10.8 Å². The van der Waals surface area contributed by atoms with Crippen molar-refractivity contribution in [2.24, 2.45) is 10.8 Å². The molecule has 0 N–H and O–H groups in total. The molecule has 0 amide bonds. The molecule has 0 spiro atoms. The van der Waals surface area contributed by atoms with Gasteiger partial charge in [-0.2, -0.15) is 0 Å². The van der Waals surface area contributed by atoms with Gasteiger partial charge in [0.1, 0.15) is 0 Å². The minimum atomic E-state index is -0.364. The van der Waals surface area contributed by atoms with Crippen molar-refractivity contribution in [3.8, 4) is 0 Å². The number of esters is 2. The first-order valence-electron chi connectivity index (χ1n) is 6.62. The van der Waals surface area contributed by atoms with Gasteiger partial charge in [0.2, 0.25) is 0 Å². The lowest BCUT2D eigenvalue weighted by molar-refractivity contribution is -0.141. The van der Waals surface area contributed by atoms with Crippen LogP contribution in [0.1, 0.15) is 32.1 Å². The van der Waals surface area contributed by atoms with Gasteiger partial charge >= 0.3 is 11.9 Å². The maximum atomic E-state index is 11.2. The summed E-state index contributed by atoms with van der Waals surface area (Å²) in [4.78, 5) is 22.3. The summed E-state index contributed by atoms with van der Waals surface area (Å²) in [5.41, 5.74) is 0.165. The lowest BCUT2D eigenvalue weighted by Gasteiger charge is -2.26. The van der Waals surface area contributed by atoms with Crippen LogP contribution in [0.25, 0.3) is 0 Å². The molecule has 0 unspecified atom stereocenters. The third-order valence-electron chi connectivity index (χ3n) is 4.50. The van der Waals surface area contributed by atoms with Crippen molar-refractivity contribution in [1.29, 1.82) is 0 Å². The molecule has 2 aliphatic carbocycles. The van der Waals surface area contributed by atoms with Crippen LogP contribution in [0.2, 0.25) is 0 Å². The van der Waals surface area contributed by atoms with Gasteiger partial charge in [-0.15, -0.1) is 0 Å². The summed E-state index contributed by atoms with van der Waals surface area (Å²) >= 11 is 0. The first-order chi connectivity index (χ1) is 9.03. The van der Waals surface area contributed by atoms with Crippen LogP contribution in [0.5, 0.6) is 0 Å². The minimum absolute atomic E-state index is 0.0826. The van der Waals surface area contributed by atoms with E-state index in [0.29, 0.717) is 13.2 Å². The minimum Gasteiger partial charge on any atom is -0.462 e. The maximum Gasteiger partial charge on any atom is 0.330 e. The van der Waals surface area contributed by atoms with Crippen LogP contribution in [-0.4, -0.2) is 25.2 Å². The second-order valence-corrected chi connectivity index (χ2v) is 5.80. The molecule has 19 heavy (non-hydrogen) atoms. The van der Waals surface area contributed by atoms with Gasteiger partial charge in [-0.05, 0) is 32.1 Å². The van der Waals surface area contributed by atoms with Gasteiger partial charge in [0, 0.05) is 23.0 Å². The van der Waals surface area contributed by atoms with Crippen LogP contribution in [-0.2, 0) is 19.1 Å². The maximum absolute atomic E-state index is 11.2. The number of ether oxygens (including phenoxy) is 2. The van der Waals surface area contributed by atoms with Crippen molar-refractivity contribution in [1.82, 2.24) is 0 Å². The Morgan fingerprint density at radius 3 is 1.58 bits per heavy atom. The van der Waals surface area contributed by atoms with E-state index in [1.807, 2.05) is 0 Å². The quantitative estimate of drug-likeness (QED) is 0.546. The fourth-order valence-electron chi connectivity index (χ4n) is 3.42. The molecule has 0 saturated heterocycles. The summed E-state index contributed by atoms with van der Waals surface area (Å²) < 4.78 is 10.4. The zero-order valence-corrected chi connectivity index (χ0v) is 11.2. The Kier molecular flexibility index (Phi) is 3.78. The van der Waals surface area contributed by atoms with Crippen molar-refractivity contribution >= 4 is 11.9 Å². The third-order valence-corrected chi connectivity index (χ3v) is 4.50. The second-order valence-electron chi connectivity index (χ2n) is 5.80. The highest BCUT2D eigenvalue weighted by Gasteiger charge is 2.55. The van der Waals surface area contributed by atoms with E-state index in [1.165, 1.54) is 12.2 Å². The van der Waals surface area contributed by atoms with E-state index in [4.69, 9.17) is 9.47 Å². The number of carbonyl (C=O) groups is 2. The average Bonchev–Trinajstić information content (AvgIpc) is 2.99. The molecule has 0 aromatic rings. The zero-order valence-electron chi connectivity index (χ0n) is 11.2. The molecule has 0 aromatic heterocycles. The zero-order chi connectivity index (χ0) is 13.9. The molecule has 4 nitrogen and oxygen atoms in total. The fraction of sp³-hybridized carbons (Fsp3) is 0.600. The van der Waals surface area contributed by atoms with Gasteiger partial charge in [0.15, 0.2) is 0 Å². The number of carbonyl (C=O) groups excluding carboxylic acids is 2. The highest BCUT2D eigenvalue weighted by Crippen LogP contribution is 2.61. The Labute approximate surface area is 113 Å². The molecule has 0 aromatic carbocycles. The van der Waals surface area contributed by atoms with Crippen LogP contribution in [0.4, 0.5) is 0 Å². The number of hydrogen-bond acceptors (Lipinski definition) is 4. The molecule has 2 fully saturated rings. The molecule has 0 aliphatic heterocycles. The Hall–Kier alpha value is -1.58. The van der Waals surface area contributed by atoms with Crippen molar-refractivity contribution in [3.63, 3.8) is 0 Å². The van der Waals surface area contributed by atoms with Crippen molar-refractivity contribution in [2.45, 2.75) is 32.1 Å². The number of hydrogen-bond donors (Lipinski definition) is 0. The molecule has 0 heterocycles. The smallest absolute Gasteiger partial charge is 0.330 e. The molecular formula is C15H20O4. The monoisotopic (exact) mass is 264 g/mol. The van der Waals surface area contributed by atoms with Gasteiger partial charge in [-0.25, -0.2) is 9.59 Å². The average molecular weight is 264 g/mol. The third kappa shape index (κ3) is 2.88. The molecule has 2 saturated carbocycles. The Balaban J connectivity index is 1.89. The summed E-state index contributed by atoms with van der Waals surface area (Å²) in [5, 5.41) is 0. The topological polar surface area (TPSA) is 52.6 Å². The van der Waals surface area contributed by atoms with E-state index in [1.54, 1.807) is 0 Å². The molecule has 4 heteroatoms. The van der Waals surface area contributed by atoms with E-state index in [2.05, 4.69) is 13.2 Å². The number of fused-ring (bicyclic) bond motifs is 2.